The number of carbonyl (C=O) groups is 12. The summed E-state index contributed by atoms with van der Waals surface area (Å²) in [6.07, 6.45) is -51.7. The summed E-state index contributed by atoms with van der Waals surface area (Å²) >= 11 is 0. The van der Waals surface area contributed by atoms with Crippen LogP contribution < -0.4 is 0 Å². The van der Waals surface area contributed by atoms with E-state index in [0.29, 0.717) is 0 Å². The highest BCUT2D eigenvalue weighted by atomic mass is 19.3. The highest BCUT2D eigenvalue weighted by molar-refractivity contribution is 5.70. The van der Waals surface area contributed by atoms with Crippen molar-refractivity contribution in [3.8, 4) is 0 Å². The van der Waals surface area contributed by atoms with Crippen LogP contribution >= 0.6 is 0 Å². The fourth-order valence-electron chi connectivity index (χ4n) is 15.9. The molecule has 36 atom stereocenters. The van der Waals surface area contributed by atoms with Gasteiger partial charge in [0.05, 0.1) is 62.6 Å². The summed E-state index contributed by atoms with van der Waals surface area (Å²) in [5.74, 6) is -20.1. The zero-order valence-corrected chi connectivity index (χ0v) is 78.2. The van der Waals surface area contributed by atoms with Gasteiger partial charge in [-0.2, -0.15) is 0 Å². The Balaban J connectivity index is 0.000000373. The van der Waals surface area contributed by atoms with Gasteiger partial charge in [0.25, 0.3) is 11.8 Å². The molecule has 2 saturated carbocycles. The fourth-order valence-corrected chi connectivity index (χ4v) is 15.9. The Kier molecular flexibility index (Phi) is 46.9. The molecule has 1 unspecified atom stereocenters. The standard InChI is InChI=1S/C35H44F2N18O18.C19H26N6O12.C16H20F2N12O7/c1-11(56)62-10-21-26(72-32-22(48-54-42)27(65-14(4)59)25(64-13(3)58)19(68-32)8-44-50-38)29(66-15(5)60)33(70-21)73-28-23(63-12(2)57)17(46-52-40)7-18(47-53-41)24(28)71-34-30(49-55-43)35(36,37)31(67-16(6)61)20(69-34)9-45-51-39;1-7(26)31-6-12-15(17(18(30)35-12)34-10(4)29)37-19-13(23-25-21)16(33-9(3)28)14(32-8(2)27)11(36-19)5-22-24-20;1-5(31)34-11-7(24-28-20)3-8(25-29-21)12(10(11)33)37-15-13(26-30-22)16(17,18)14(35-6(2)32)9(36-15)4-23-27-19/h17-34H,7-10H2,1-6H3;11-19,30H,5-6H2,1-4H3;7-15,33H,3-4H2,1-2H3/t17-,18+,19+,20-,21-,22-,23+,24-,25-,26-,27-,28-,29-,30+,31-,32-,33+,34-;11-,12+,13+,14+,15+,16+,17+,18?,19+;7-,8+,9-,10-,11+,12-,13+,14-,15-/m101/s1. The summed E-state index contributed by atoms with van der Waals surface area (Å²) < 4.78 is 190. The molecule has 2 N–H and O–H groups in total. The Morgan fingerprint density at radius 2 is 0.544 bits per heavy atom. The molecule has 6 saturated heterocycles. The van der Waals surface area contributed by atoms with Crippen molar-refractivity contribution in [2.75, 3.05) is 39.4 Å². The first kappa shape index (κ1) is 120. The first-order chi connectivity index (χ1) is 69.6. The Bertz CT molecular complexity index is 5370. The molecule has 8 fully saturated rings. The number of azide groups is 12. The molecule has 8 aliphatic rings. The molecule has 0 bridgehead atoms. The number of aliphatic hydroxyl groups is 2. The number of aliphatic hydroxyl groups excluding tert-OH is 2. The van der Waals surface area contributed by atoms with Crippen LogP contribution in [0.5, 0.6) is 0 Å². The van der Waals surface area contributed by atoms with Crippen molar-refractivity contribution < 1.29 is 194 Å². The third-order valence-corrected chi connectivity index (χ3v) is 21.1. The molecule has 800 valence electrons. The smallest absolute Gasteiger partial charge is 0.303 e. The van der Waals surface area contributed by atoms with Gasteiger partial charge >= 0.3 is 71.6 Å². The van der Waals surface area contributed by atoms with Crippen LogP contribution in [0.4, 0.5) is 17.6 Å². The number of rotatable bonds is 40. The molecule has 147 heavy (non-hydrogen) atoms. The van der Waals surface area contributed by atoms with Gasteiger partial charge in [0, 0.05) is 142 Å². The second-order valence-electron chi connectivity index (χ2n) is 31.3. The topological polar surface area (TPSA) is 1040 Å². The van der Waals surface area contributed by atoms with Gasteiger partial charge in [-0.3, -0.25) is 57.5 Å². The van der Waals surface area contributed by atoms with E-state index in [-0.39, 0.29) is 6.42 Å². The maximum Gasteiger partial charge on any atom is 0.303 e. The molecule has 77 heteroatoms. The monoisotopic (exact) mass is 2100 g/mol. The quantitative estimate of drug-likeness (QED) is 0.0159. The van der Waals surface area contributed by atoms with Gasteiger partial charge in [-0.1, -0.05) is 61.4 Å². The van der Waals surface area contributed by atoms with E-state index in [1.54, 1.807) is 0 Å². The van der Waals surface area contributed by atoms with Gasteiger partial charge in [-0.25, -0.2) is 17.6 Å². The molecule has 0 aromatic rings. The van der Waals surface area contributed by atoms with E-state index >= 15 is 17.6 Å². The zero-order valence-electron chi connectivity index (χ0n) is 78.2. The Morgan fingerprint density at radius 1 is 0.272 bits per heavy atom. The summed E-state index contributed by atoms with van der Waals surface area (Å²) in [4.78, 5) is 175. The Hall–Kier alpha value is -15.4. The summed E-state index contributed by atoms with van der Waals surface area (Å²) in [5.41, 5.74) is 110. The number of nitrogens with zero attached hydrogens (tertiary/aromatic N) is 36. The second kappa shape index (κ2) is 57.3. The van der Waals surface area contributed by atoms with Crippen LogP contribution in [-0.2, 0) is 166 Å². The van der Waals surface area contributed by atoms with Crippen molar-refractivity contribution in [3.63, 3.8) is 0 Å². The highest BCUT2D eigenvalue weighted by Crippen LogP contribution is 2.47. The summed E-state index contributed by atoms with van der Waals surface area (Å²) in [6.45, 7) is 7.54. The van der Waals surface area contributed by atoms with E-state index in [1.165, 1.54) is 0 Å². The third kappa shape index (κ3) is 33.3. The summed E-state index contributed by atoms with van der Waals surface area (Å²) in [5, 5.41) is 62.0. The van der Waals surface area contributed by atoms with Crippen molar-refractivity contribution in [2.45, 2.75) is 328 Å². The van der Waals surface area contributed by atoms with Gasteiger partial charge in [0.15, 0.2) is 98.7 Å². The minimum absolute atomic E-state index is 0.346. The Morgan fingerprint density at radius 3 is 0.898 bits per heavy atom. The molecule has 0 aromatic heterocycles. The SMILES string of the molecule is CC(=O)OC[C@H]1OC(O)[C@H](OC(C)=O)[C@@H]1O[C@H]1O[C@@H](CN=[N+]=[N-])[C@@H](OC(C)=O)[C@H](OC(C)=O)[C@H]1N=[N+]=[N-].CC(=O)OC[C@H]1O[C@@H](O[C@@H]2[C@@H](OC(C)=O)[C@H](N=[N+]=[N-])C[C@H](N=[N+]=[N-])[C@H]2O[C@H]2O[C@H](CN=[N+]=[N-])[C@@H](OC(C)=O)C(F)(F)[C@H]2N=[N+]=[N-])[C@H](OC(C)=O)[C@@H]1O[C@H]1O[C@@H](CN=[N+]=[N-])[C@@H](OC(C)=O)[C@H](OC(C)=O)[C@H]1N=[N+]=[N-].CC(=O)O[C@@H]1[C@@H](O)[C@H](O[C@H]2O[C@H](CN=[N+]=[N-])[C@@H](OC(C)=O)C(F)(F)[C@H]2N=[N+]=[N-])[C@@H](N=[N+]=[N-])C[C@H]1N=[N+]=[N-]. The number of carbonyl (C=O) groups excluding carboxylic acids is 12. The number of hydrogen-bond acceptors (Lipinski definition) is 49. The maximum atomic E-state index is 16.5. The van der Waals surface area contributed by atoms with E-state index < -0.39 is 350 Å². The molecule has 6 aliphatic heterocycles. The van der Waals surface area contributed by atoms with Gasteiger partial charge in [0.2, 0.25) is 0 Å². The lowest BCUT2D eigenvalue weighted by Gasteiger charge is -2.48. The molecular formula is C70H90F4N36O37. The third-order valence-electron chi connectivity index (χ3n) is 21.1. The molecular weight excluding hydrogens is 2010 g/mol. The van der Waals surface area contributed by atoms with Crippen LogP contribution in [0.25, 0.3) is 125 Å². The lowest BCUT2D eigenvalue weighted by Crippen LogP contribution is -2.66. The van der Waals surface area contributed by atoms with E-state index in [9.17, 15) is 95.4 Å². The summed E-state index contributed by atoms with van der Waals surface area (Å²) in [7, 11) is 0. The molecule has 8 rings (SSSR count). The van der Waals surface area contributed by atoms with E-state index in [1.807, 2.05) is 0 Å². The van der Waals surface area contributed by atoms with Gasteiger partial charge in [-0.15, -0.1) is 0 Å². The normalized spacial score (nSPS) is 33.8. The molecule has 0 spiro atoms. The van der Waals surface area contributed by atoms with Crippen molar-refractivity contribution in [1.29, 1.82) is 0 Å². The average Bonchev–Trinajstić information content (AvgIpc) is 1.75. The first-order valence-electron chi connectivity index (χ1n) is 42.3. The molecule has 0 amide bonds. The molecule has 2 aliphatic carbocycles. The first-order valence-corrected chi connectivity index (χ1v) is 42.3. The van der Waals surface area contributed by atoms with Gasteiger partial charge in [-0.05, 0) is 79.2 Å². The second-order valence-corrected chi connectivity index (χ2v) is 31.3. The van der Waals surface area contributed by atoms with Crippen LogP contribution in [0.1, 0.15) is 95.9 Å². The highest BCUT2D eigenvalue weighted by Gasteiger charge is 2.66. The van der Waals surface area contributed by atoms with Crippen LogP contribution in [0, 0.1) is 0 Å². The molecule has 0 radical (unpaired) electrons. The lowest BCUT2D eigenvalue weighted by atomic mass is 9.83. The van der Waals surface area contributed by atoms with Crippen LogP contribution in [0.15, 0.2) is 61.4 Å². The van der Waals surface area contributed by atoms with Crippen LogP contribution in [0.2, 0.25) is 0 Å². The maximum absolute atomic E-state index is 16.5. The predicted molar refractivity (Wildman–Crippen MR) is 452 cm³/mol. The largest absolute Gasteiger partial charge is 0.463 e. The minimum Gasteiger partial charge on any atom is -0.463 e. The lowest BCUT2D eigenvalue weighted by molar-refractivity contribution is -0.332. The van der Waals surface area contributed by atoms with Crippen LogP contribution in [0.3, 0.4) is 0 Å². The van der Waals surface area contributed by atoms with Gasteiger partial charge < -0.3 is 119 Å². The van der Waals surface area contributed by atoms with Crippen molar-refractivity contribution in [2.24, 2.45) is 61.4 Å². The number of ether oxygens (including phenoxy) is 23. The number of alkyl halides is 4. The van der Waals surface area contributed by atoms with Crippen molar-refractivity contribution in [1.82, 2.24) is 0 Å². The number of esters is 12. The van der Waals surface area contributed by atoms with E-state index in [2.05, 4.69) is 125 Å². The molecule has 73 nitrogen and oxygen atoms in total. The fraction of sp³-hybridized carbons (Fsp3) is 0.829. The Labute approximate surface area is 817 Å². The zero-order chi connectivity index (χ0) is 110. The van der Waals surface area contributed by atoms with E-state index in [0.717, 1.165) is 83.1 Å². The van der Waals surface area contributed by atoms with Crippen molar-refractivity contribution >= 4 is 71.6 Å². The minimum atomic E-state index is -4.41. The predicted octanol–water partition coefficient (Wildman–Crippen LogP) is 6.78. The van der Waals surface area contributed by atoms with Crippen molar-refractivity contribution in [3.05, 3.63) is 125 Å². The summed E-state index contributed by atoms with van der Waals surface area (Å²) in [6, 6.07) is -14.5. The molecule has 6 heterocycles. The van der Waals surface area contributed by atoms with Gasteiger partial charge in [0.1, 0.15) is 98.5 Å². The molecule has 0 aromatic carbocycles. The van der Waals surface area contributed by atoms with Crippen LogP contribution in [-0.4, -0.2) is 353 Å². The number of hydrogen-bond donors (Lipinski definition) is 2. The number of halogens is 4. The van der Waals surface area contributed by atoms with E-state index in [4.69, 9.17) is 143 Å². The average molecular weight is 2100 g/mol.